The van der Waals surface area contributed by atoms with Crippen LogP contribution in [0.25, 0.3) is 0 Å². The predicted molar refractivity (Wildman–Crippen MR) is 41.7 cm³/mol. The van der Waals surface area contributed by atoms with E-state index < -0.39 is 0 Å². The standard InChI is InChI=1S/C6H13NOS/c1-4-7(2)6(8)5-9-3/h4-5H2,1-3H3. The Balaban J connectivity index is 3.46. The minimum absolute atomic E-state index is 0.213. The second kappa shape index (κ2) is 4.68. The van der Waals surface area contributed by atoms with Gasteiger partial charge in [-0.2, -0.15) is 11.8 Å². The fourth-order valence-corrected chi connectivity index (χ4v) is 0.877. The van der Waals surface area contributed by atoms with Crippen molar-refractivity contribution in [1.82, 2.24) is 4.90 Å². The van der Waals surface area contributed by atoms with Crippen molar-refractivity contribution in [3.63, 3.8) is 0 Å². The first-order valence-corrected chi connectivity index (χ1v) is 4.34. The van der Waals surface area contributed by atoms with Gasteiger partial charge in [0.1, 0.15) is 0 Å². The molecule has 0 saturated heterocycles. The lowest BCUT2D eigenvalue weighted by Gasteiger charge is -2.12. The highest BCUT2D eigenvalue weighted by Crippen LogP contribution is 1.94. The molecule has 0 heterocycles. The largest absolute Gasteiger partial charge is 0.345 e. The summed E-state index contributed by atoms with van der Waals surface area (Å²) in [6.45, 7) is 2.78. The smallest absolute Gasteiger partial charge is 0.232 e. The molecule has 1 amide bonds. The Morgan fingerprint density at radius 2 is 2.22 bits per heavy atom. The highest BCUT2D eigenvalue weighted by atomic mass is 32.2. The number of nitrogens with zero attached hydrogens (tertiary/aromatic N) is 1. The van der Waals surface area contributed by atoms with Gasteiger partial charge in [0.05, 0.1) is 5.75 Å². The van der Waals surface area contributed by atoms with E-state index in [1.807, 2.05) is 20.2 Å². The molecule has 0 radical (unpaired) electrons. The lowest BCUT2D eigenvalue weighted by Crippen LogP contribution is -2.27. The van der Waals surface area contributed by atoms with E-state index in [2.05, 4.69) is 0 Å². The molecule has 0 aromatic heterocycles. The van der Waals surface area contributed by atoms with Crippen molar-refractivity contribution < 1.29 is 4.79 Å². The van der Waals surface area contributed by atoms with E-state index in [1.165, 1.54) is 0 Å². The third kappa shape index (κ3) is 3.40. The van der Waals surface area contributed by atoms with Crippen LogP contribution in [0.5, 0.6) is 0 Å². The maximum Gasteiger partial charge on any atom is 0.232 e. The Kier molecular flexibility index (Phi) is 4.58. The molecule has 0 atom stereocenters. The number of rotatable bonds is 3. The van der Waals surface area contributed by atoms with Crippen molar-refractivity contribution in [3.8, 4) is 0 Å². The second-order valence-electron chi connectivity index (χ2n) is 1.84. The molecule has 0 aromatic carbocycles. The first kappa shape index (κ1) is 8.82. The van der Waals surface area contributed by atoms with Crippen molar-refractivity contribution in [2.24, 2.45) is 0 Å². The lowest BCUT2D eigenvalue weighted by atomic mass is 10.5. The number of hydrogen-bond acceptors (Lipinski definition) is 2. The summed E-state index contributed by atoms with van der Waals surface area (Å²) in [7, 11) is 1.82. The Bertz CT molecular complexity index is 95.1. The fourth-order valence-electron chi connectivity index (χ4n) is 0.410. The number of carbonyl (C=O) groups excluding carboxylic acids is 1. The number of amides is 1. The summed E-state index contributed by atoms with van der Waals surface area (Å²) in [6, 6.07) is 0. The minimum Gasteiger partial charge on any atom is -0.345 e. The van der Waals surface area contributed by atoms with E-state index in [0.717, 1.165) is 6.54 Å². The Hall–Kier alpha value is -0.180. The third-order valence-corrected chi connectivity index (χ3v) is 1.70. The zero-order valence-electron chi connectivity index (χ0n) is 6.18. The summed E-state index contributed by atoms with van der Waals surface area (Å²) < 4.78 is 0. The van der Waals surface area contributed by atoms with E-state index in [-0.39, 0.29) is 5.91 Å². The van der Waals surface area contributed by atoms with Crippen LogP contribution in [0.15, 0.2) is 0 Å². The van der Waals surface area contributed by atoms with Gasteiger partial charge in [0.2, 0.25) is 5.91 Å². The van der Waals surface area contributed by atoms with Crippen LogP contribution >= 0.6 is 11.8 Å². The fraction of sp³-hybridized carbons (Fsp3) is 0.833. The molecule has 9 heavy (non-hydrogen) atoms. The zero-order chi connectivity index (χ0) is 7.28. The van der Waals surface area contributed by atoms with Gasteiger partial charge in [0.15, 0.2) is 0 Å². The molecular weight excluding hydrogens is 134 g/mol. The maximum absolute atomic E-state index is 10.9. The SMILES string of the molecule is CCN(C)C(=O)CSC. The van der Waals surface area contributed by atoms with Gasteiger partial charge >= 0.3 is 0 Å². The highest BCUT2D eigenvalue weighted by Gasteiger charge is 2.02. The molecule has 2 nitrogen and oxygen atoms in total. The van der Waals surface area contributed by atoms with Gasteiger partial charge in [0, 0.05) is 13.6 Å². The summed E-state index contributed by atoms with van der Waals surface area (Å²) in [4.78, 5) is 12.6. The first-order chi connectivity index (χ1) is 4.22. The number of hydrogen-bond donors (Lipinski definition) is 0. The number of thioether (sulfide) groups is 1. The molecule has 0 fully saturated rings. The van der Waals surface area contributed by atoms with Crippen LogP contribution in [0.1, 0.15) is 6.92 Å². The van der Waals surface area contributed by atoms with Crippen molar-refractivity contribution in [3.05, 3.63) is 0 Å². The molecule has 0 aromatic rings. The molecule has 0 aliphatic carbocycles. The molecule has 0 rings (SSSR count). The van der Waals surface area contributed by atoms with Crippen LogP contribution in [-0.2, 0) is 4.79 Å². The molecule has 0 unspecified atom stereocenters. The quantitative estimate of drug-likeness (QED) is 0.589. The summed E-state index contributed by atoms with van der Waals surface area (Å²) in [6.07, 6.45) is 1.93. The lowest BCUT2D eigenvalue weighted by molar-refractivity contribution is -0.126. The van der Waals surface area contributed by atoms with Gasteiger partial charge in [0.25, 0.3) is 0 Å². The summed E-state index contributed by atoms with van der Waals surface area (Å²) in [5.41, 5.74) is 0. The summed E-state index contributed by atoms with van der Waals surface area (Å²) in [5, 5.41) is 0. The van der Waals surface area contributed by atoms with E-state index in [1.54, 1.807) is 16.7 Å². The number of carbonyl (C=O) groups is 1. The molecule has 0 spiro atoms. The van der Waals surface area contributed by atoms with Gasteiger partial charge in [-0.15, -0.1) is 0 Å². The van der Waals surface area contributed by atoms with E-state index in [0.29, 0.717) is 5.75 Å². The monoisotopic (exact) mass is 147 g/mol. The van der Waals surface area contributed by atoms with Crippen LogP contribution in [0, 0.1) is 0 Å². The molecular formula is C6H13NOS. The maximum atomic E-state index is 10.9. The topological polar surface area (TPSA) is 20.3 Å². The summed E-state index contributed by atoms with van der Waals surface area (Å²) >= 11 is 1.56. The Labute approximate surface area is 60.6 Å². The Morgan fingerprint density at radius 1 is 1.67 bits per heavy atom. The van der Waals surface area contributed by atoms with Crippen LogP contribution in [0.4, 0.5) is 0 Å². The molecule has 0 aliphatic heterocycles. The van der Waals surface area contributed by atoms with Gasteiger partial charge in [-0.05, 0) is 13.2 Å². The van der Waals surface area contributed by atoms with Crippen LogP contribution in [-0.4, -0.2) is 36.4 Å². The van der Waals surface area contributed by atoms with E-state index >= 15 is 0 Å². The Morgan fingerprint density at radius 3 is 2.56 bits per heavy atom. The van der Waals surface area contributed by atoms with Crippen LogP contribution in [0.2, 0.25) is 0 Å². The highest BCUT2D eigenvalue weighted by molar-refractivity contribution is 7.99. The van der Waals surface area contributed by atoms with Gasteiger partial charge in [-0.25, -0.2) is 0 Å². The molecule has 0 bridgehead atoms. The second-order valence-corrected chi connectivity index (χ2v) is 2.71. The molecule has 3 heteroatoms. The van der Waals surface area contributed by atoms with Crippen LogP contribution in [0.3, 0.4) is 0 Å². The first-order valence-electron chi connectivity index (χ1n) is 2.95. The van der Waals surface area contributed by atoms with Crippen molar-refractivity contribution in [1.29, 1.82) is 0 Å². The van der Waals surface area contributed by atoms with Gasteiger partial charge < -0.3 is 4.90 Å². The van der Waals surface area contributed by atoms with Crippen LogP contribution < -0.4 is 0 Å². The zero-order valence-corrected chi connectivity index (χ0v) is 6.99. The predicted octanol–water partition coefficient (Wildman–Crippen LogP) is 0.828. The third-order valence-electron chi connectivity index (χ3n) is 1.17. The molecule has 0 saturated carbocycles. The van der Waals surface area contributed by atoms with Gasteiger partial charge in [-0.3, -0.25) is 4.79 Å². The normalized spacial score (nSPS) is 9.22. The van der Waals surface area contributed by atoms with Crippen molar-refractivity contribution in [2.45, 2.75) is 6.92 Å². The average Bonchev–Trinajstić information content (AvgIpc) is 1.87. The summed E-state index contributed by atoms with van der Waals surface area (Å²) in [5.74, 6) is 0.814. The molecule has 0 N–H and O–H groups in total. The average molecular weight is 147 g/mol. The van der Waals surface area contributed by atoms with Gasteiger partial charge in [-0.1, -0.05) is 0 Å². The molecule has 0 aliphatic rings. The van der Waals surface area contributed by atoms with Crippen molar-refractivity contribution >= 4 is 17.7 Å². The van der Waals surface area contributed by atoms with E-state index in [9.17, 15) is 4.79 Å². The minimum atomic E-state index is 0.213. The van der Waals surface area contributed by atoms with E-state index in [4.69, 9.17) is 0 Å². The molecule has 54 valence electrons. The van der Waals surface area contributed by atoms with Crippen molar-refractivity contribution in [2.75, 3.05) is 25.6 Å².